The summed E-state index contributed by atoms with van der Waals surface area (Å²) in [5.74, 6) is -0.165. The van der Waals surface area contributed by atoms with Crippen LogP contribution in [0.3, 0.4) is 0 Å². The molecule has 22 heavy (non-hydrogen) atoms. The number of carbonyl (C=O) groups excluding carboxylic acids is 1. The summed E-state index contributed by atoms with van der Waals surface area (Å²) in [5.41, 5.74) is 0.435. The van der Waals surface area contributed by atoms with Gasteiger partial charge >= 0.3 is 5.97 Å². The molecule has 0 aromatic heterocycles. The minimum Gasteiger partial charge on any atom is -0.421 e. The van der Waals surface area contributed by atoms with Crippen LogP contribution in [0.25, 0.3) is 10.8 Å². The Morgan fingerprint density at radius 1 is 0.909 bits per heavy atom. The summed E-state index contributed by atoms with van der Waals surface area (Å²) in [5, 5.41) is 2.30. The lowest BCUT2D eigenvalue weighted by molar-refractivity contribution is 0.0737. The predicted molar refractivity (Wildman–Crippen MR) is 93.1 cm³/mol. The maximum Gasteiger partial charge on any atom is 0.343 e. The number of benzene rings is 3. The van der Waals surface area contributed by atoms with Gasteiger partial charge in [0.2, 0.25) is 0 Å². The molecule has 3 rings (SSSR count). The number of hydrogen-bond donors (Lipinski definition) is 0. The van der Waals surface area contributed by atoms with Gasteiger partial charge in [0.25, 0.3) is 0 Å². The number of ether oxygens (including phenoxy) is 1. The normalized spacial score (nSPS) is 10.7. The molecule has 2 nitrogen and oxygen atoms in total. The van der Waals surface area contributed by atoms with E-state index < -0.39 is 5.97 Å². The fraction of sp³-hybridized carbons (Fsp3) is 0. The first-order valence-corrected chi connectivity index (χ1v) is 7.95. The number of rotatable bonds is 2. The molecule has 0 spiro atoms. The summed E-state index contributed by atoms with van der Waals surface area (Å²) in [6, 6.07) is 15.9. The Bertz CT molecular complexity index is 878. The monoisotopic (exact) mass is 394 g/mol. The van der Waals surface area contributed by atoms with Gasteiger partial charge in [-0.05, 0) is 24.3 Å². The van der Waals surface area contributed by atoms with Gasteiger partial charge in [0.15, 0.2) is 5.75 Å². The summed E-state index contributed by atoms with van der Waals surface area (Å²) in [7, 11) is 0. The molecule has 0 radical (unpaired) electrons. The van der Waals surface area contributed by atoms with Crippen molar-refractivity contribution in [3.05, 3.63) is 74.7 Å². The molecular weight excluding hydrogens is 387 g/mol. The van der Waals surface area contributed by atoms with Crippen molar-refractivity contribution < 1.29 is 9.53 Å². The quantitative estimate of drug-likeness (QED) is 0.385. The van der Waals surface area contributed by atoms with E-state index in [0.717, 1.165) is 9.86 Å². The molecule has 0 aliphatic rings. The largest absolute Gasteiger partial charge is 0.421 e. The number of carbonyl (C=O) groups is 1. The Kier molecular flexibility index (Phi) is 4.39. The number of hydrogen-bond acceptors (Lipinski definition) is 2. The van der Waals surface area contributed by atoms with E-state index in [-0.39, 0.29) is 0 Å². The highest BCUT2D eigenvalue weighted by Crippen LogP contribution is 2.38. The Morgan fingerprint density at radius 3 is 2.36 bits per heavy atom. The molecule has 0 unspecified atom stereocenters. The van der Waals surface area contributed by atoms with Crippen molar-refractivity contribution in [3.63, 3.8) is 0 Å². The zero-order chi connectivity index (χ0) is 15.7. The summed E-state index contributed by atoms with van der Waals surface area (Å²) in [6.07, 6.45) is 0. The molecule has 0 amide bonds. The first-order valence-electron chi connectivity index (χ1n) is 6.41. The third-order valence-corrected chi connectivity index (χ3v) is 4.24. The van der Waals surface area contributed by atoms with E-state index in [4.69, 9.17) is 27.9 Å². The van der Waals surface area contributed by atoms with Crippen LogP contribution in [0.5, 0.6) is 5.75 Å². The minimum atomic E-state index is -0.476. The highest BCUT2D eigenvalue weighted by atomic mass is 79.9. The molecule has 0 saturated heterocycles. The van der Waals surface area contributed by atoms with Crippen LogP contribution in [-0.2, 0) is 0 Å². The van der Waals surface area contributed by atoms with Crippen LogP contribution in [0.4, 0.5) is 0 Å². The Balaban J connectivity index is 2.06. The van der Waals surface area contributed by atoms with Crippen LogP contribution in [0.2, 0.25) is 10.0 Å². The lowest BCUT2D eigenvalue weighted by Crippen LogP contribution is -2.09. The van der Waals surface area contributed by atoms with Crippen LogP contribution >= 0.6 is 39.1 Å². The summed E-state index contributed by atoms with van der Waals surface area (Å²) in [6.45, 7) is 0. The van der Waals surface area contributed by atoms with E-state index in [1.165, 1.54) is 0 Å². The van der Waals surface area contributed by atoms with E-state index >= 15 is 0 Å². The summed E-state index contributed by atoms with van der Waals surface area (Å²) < 4.78 is 6.30. The highest BCUT2D eigenvalue weighted by molar-refractivity contribution is 9.10. The van der Waals surface area contributed by atoms with Crippen molar-refractivity contribution in [2.75, 3.05) is 0 Å². The summed E-state index contributed by atoms with van der Waals surface area (Å²) in [4.78, 5) is 12.3. The number of fused-ring (bicyclic) bond motifs is 1. The van der Waals surface area contributed by atoms with Crippen LogP contribution < -0.4 is 4.74 Å². The van der Waals surface area contributed by atoms with Gasteiger partial charge in [-0.15, -0.1) is 0 Å². The highest BCUT2D eigenvalue weighted by Gasteiger charge is 2.16. The van der Waals surface area contributed by atoms with Crippen molar-refractivity contribution in [1.29, 1.82) is 0 Å². The molecule has 0 fully saturated rings. The first-order chi connectivity index (χ1) is 10.6. The van der Waals surface area contributed by atoms with Crippen molar-refractivity contribution in [2.24, 2.45) is 0 Å². The van der Waals surface area contributed by atoms with E-state index in [0.29, 0.717) is 26.7 Å². The van der Waals surface area contributed by atoms with Gasteiger partial charge < -0.3 is 4.74 Å². The molecule has 0 atom stereocenters. The van der Waals surface area contributed by atoms with Crippen LogP contribution in [-0.4, -0.2) is 5.97 Å². The third-order valence-electron chi connectivity index (χ3n) is 3.15. The van der Waals surface area contributed by atoms with Crippen molar-refractivity contribution >= 4 is 55.9 Å². The van der Waals surface area contributed by atoms with Gasteiger partial charge in [0.05, 0.1) is 15.6 Å². The van der Waals surface area contributed by atoms with Gasteiger partial charge in [0, 0.05) is 15.2 Å². The Labute approximate surface area is 145 Å². The SMILES string of the molecule is O=C(Oc1c(Cl)cc(Cl)c2ccccc12)c1cccc(Br)c1. The molecule has 3 aromatic rings. The fourth-order valence-corrected chi connectivity index (χ4v) is 3.12. The van der Waals surface area contributed by atoms with Crippen LogP contribution in [0, 0.1) is 0 Å². The fourth-order valence-electron chi connectivity index (χ4n) is 2.14. The average Bonchev–Trinajstić information content (AvgIpc) is 2.51. The standard InChI is InChI=1S/C17H9BrCl2O2/c18-11-5-3-4-10(8-11)17(21)22-16-13-7-2-1-6-12(13)14(19)9-15(16)20/h1-9H. The van der Waals surface area contributed by atoms with E-state index in [1.54, 1.807) is 24.3 Å². The molecule has 0 N–H and O–H groups in total. The summed E-state index contributed by atoms with van der Waals surface area (Å²) >= 11 is 15.7. The van der Waals surface area contributed by atoms with E-state index in [9.17, 15) is 4.79 Å². The lowest BCUT2D eigenvalue weighted by atomic mass is 10.1. The molecule has 0 aliphatic heterocycles. The Morgan fingerprint density at radius 2 is 1.64 bits per heavy atom. The van der Waals surface area contributed by atoms with E-state index in [1.807, 2.05) is 30.3 Å². The smallest absolute Gasteiger partial charge is 0.343 e. The predicted octanol–water partition coefficient (Wildman–Crippen LogP) is 6.13. The molecule has 5 heteroatoms. The average molecular weight is 396 g/mol. The number of esters is 1. The number of halogens is 3. The van der Waals surface area contributed by atoms with Crippen LogP contribution in [0.1, 0.15) is 10.4 Å². The molecular formula is C17H9BrCl2O2. The molecule has 0 aliphatic carbocycles. The molecule has 3 aromatic carbocycles. The zero-order valence-corrected chi connectivity index (χ0v) is 14.2. The molecule has 0 saturated carbocycles. The first kappa shape index (κ1) is 15.3. The second kappa shape index (κ2) is 6.29. The lowest BCUT2D eigenvalue weighted by Gasteiger charge is -2.11. The van der Waals surface area contributed by atoms with Crippen molar-refractivity contribution in [2.45, 2.75) is 0 Å². The topological polar surface area (TPSA) is 26.3 Å². The zero-order valence-electron chi connectivity index (χ0n) is 11.1. The molecule has 0 heterocycles. The van der Waals surface area contributed by atoms with Crippen molar-refractivity contribution in [3.8, 4) is 5.75 Å². The van der Waals surface area contributed by atoms with Gasteiger partial charge in [-0.3, -0.25) is 0 Å². The molecule has 110 valence electrons. The van der Waals surface area contributed by atoms with Gasteiger partial charge in [-0.2, -0.15) is 0 Å². The van der Waals surface area contributed by atoms with Crippen LogP contribution in [0.15, 0.2) is 59.1 Å². The maximum absolute atomic E-state index is 12.3. The minimum absolute atomic E-state index is 0.298. The van der Waals surface area contributed by atoms with Gasteiger partial charge in [0.1, 0.15) is 0 Å². The van der Waals surface area contributed by atoms with Gasteiger partial charge in [-0.1, -0.05) is 69.5 Å². The Hall–Kier alpha value is -1.55. The second-order valence-corrected chi connectivity index (χ2v) is 6.34. The van der Waals surface area contributed by atoms with Gasteiger partial charge in [-0.25, -0.2) is 4.79 Å². The van der Waals surface area contributed by atoms with E-state index in [2.05, 4.69) is 15.9 Å². The third kappa shape index (κ3) is 2.98. The maximum atomic E-state index is 12.3. The molecule has 0 bridgehead atoms. The van der Waals surface area contributed by atoms with Crippen molar-refractivity contribution in [1.82, 2.24) is 0 Å². The second-order valence-electron chi connectivity index (χ2n) is 4.61.